The smallest absolute Gasteiger partial charge is 0.335 e. The Bertz CT molecular complexity index is 349. The molecular weight excluding hydrogens is 218 g/mol. The maximum Gasteiger partial charge on any atom is 0.335 e. The van der Waals surface area contributed by atoms with E-state index in [0.717, 1.165) is 6.54 Å². The van der Waals surface area contributed by atoms with Gasteiger partial charge in [-0.1, -0.05) is 30.3 Å². The Hall–Kier alpha value is -1.39. The predicted molar refractivity (Wildman–Crippen MR) is 65.8 cm³/mol. The molecule has 0 aromatic heterocycles. The summed E-state index contributed by atoms with van der Waals surface area (Å²) in [6.07, 6.45) is 0. The highest BCUT2D eigenvalue weighted by Crippen LogP contribution is 2.08. The zero-order valence-electron chi connectivity index (χ0n) is 10.3. The van der Waals surface area contributed by atoms with E-state index in [2.05, 4.69) is 5.32 Å². The Labute approximate surface area is 102 Å². The molecule has 1 aromatic rings. The summed E-state index contributed by atoms with van der Waals surface area (Å²) in [6.45, 7) is 4.87. The Balaban J connectivity index is 2.15. The van der Waals surface area contributed by atoms with Crippen LogP contribution in [0.15, 0.2) is 30.3 Å². The van der Waals surface area contributed by atoms with Gasteiger partial charge in [-0.05, 0) is 19.4 Å². The number of carbonyl (C=O) groups is 1. The van der Waals surface area contributed by atoms with Crippen molar-refractivity contribution in [1.82, 2.24) is 5.32 Å². The summed E-state index contributed by atoms with van der Waals surface area (Å²) in [6, 6.07) is 10.0. The first-order valence-electron chi connectivity index (χ1n) is 5.64. The van der Waals surface area contributed by atoms with Crippen molar-refractivity contribution in [3.63, 3.8) is 0 Å². The average Bonchev–Trinajstić information content (AvgIpc) is 2.29. The summed E-state index contributed by atoms with van der Waals surface area (Å²) < 4.78 is 5.27. The van der Waals surface area contributed by atoms with E-state index in [1.807, 2.05) is 30.3 Å². The third-order valence-electron chi connectivity index (χ3n) is 2.43. The lowest BCUT2D eigenvalue weighted by Gasteiger charge is -2.20. The molecule has 2 N–H and O–H groups in total. The van der Waals surface area contributed by atoms with Crippen LogP contribution in [0.5, 0.6) is 0 Å². The van der Waals surface area contributed by atoms with Crippen molar-refractivity contribution in [2.75, 3.05) is 13.2 Å². The van der Waals surface area contributed by atoms with E-state index in [-0.39, 0.29) is 0 Å². The third kappa shape index (κ3) is 4.97. The van der Waals surface area contributed by atoms with Crippen molar-refractivity contribution in [3.8, 4) is 0 Å². The van der Waals surface area contributed by atoms with E-state index in [4.69, 9.17) is 9.84 Å². The van der Waals surface area contributed by atoms with Gasteiger partial charge >= 0.3 is 5.97 Å². The van der Waals surface area contributed by atoms with Gasteiger partial charge in [-0.3, -0.25) is 0 Å². The molecule has 0 saturated heterocycles. The topological polar surface area (TPSA) is 58.6 Å². The Morgan fingerprint density at radius 3 is 2.59 bits per heavy atom. The van der Waals surface area contributed by atoms with Crippen molar-refractivity contribution in [2.45, 2.75) is 26.0 Å². The number of benzene rings is 1. The van der Waals surface area contributed by atoms with E-state index in [0.29, 0.717) is 13.2 Å². The minimum atomic E-state index is -1.12. The van der Waals surface area contributed by atoms with Crippen LogP contribution in [0.3, 0.4) is 0 Å². The maximum absolute atomic E-state index is 10.8. The summed E-state index contributed by atoms with van der Waals surface area (Å²) in [4.78, 5) is 10.8. The molecule has 0 bridgehead atoms. The molecule has 0 radical (unpaired) electrons. The standard InChI is InChI=1S/C13H19NO3/c1-13(2,12(15)16)17-9-8-14-10-11-6-4-3-5-7-11/h3-7,14H,8-10H2,1-2H3,(H,15,16). The Morgan fingerprint density at radius 2 is 2.00 bits per heavy atom. The quantitative estimate of drug-likeness (QED) is 0.708. The molecule has 1 aromatic carbocycles. The van der Waals surface area contributed by atoms with E-state index >= 15 is 0 Å². The highest BCUT2D eigenvalue weighted by molar-refractivity contribution is 5.76. The Kier molecular flexibility index (Phi) is 5.12. The second-order valence-electron chi connectivity index (χ2n) is 4.33. The van der Waals surface area contributed by atoms with Crippen molar-refractivity contribution >= 4 is 5.97 Å². The first kappa shape index (κ1) is 13.7. The van der Waals surface area contributed by atoms with Crippen molar-refractivity contribution in [2.24, 2.45) is 0 Å². The van der Waals surface area contributed by atoms with Gasteiger partial charge in [-0.2, -0.15) is 0 Å². The fourth-order valence-electron chi connectivity index (χ4n) is 1.27. The van der Waals surface area contributed by atoms with Crippen LogP contribution in [0.2, 0.25) is 0 Å². The lowest BCUT2D eigenvalue weighted by Crippen LogP contribution is -2.36. The number of rotatable bonds is 7. The molecule has 0 aliphatic heterocycles. The largest absolute Gasteiger partial charge is 0.479 e. The second-order valence-corrected chi connectivity index (χ2v) is 4.33. The van der Waals surface area contributed by atoms with Gasteiger partial charge in [0.1, 0.15) is 0 Å². The Morgan fingerprint density at radius 1 is 1.35 bits per heavy atom. The molecule has 0 fully saturated rings. The lowest BCUT2D eigenvalue weighted by atomic mass is 10.1. The van der Waals surface area contributed by atoms with E-state index in [9.17, 15) is 4.79 Å². The zero-order chi connectivity index (χ0) is 12.7. The summed E-state index contributed by atoms with van der Waals surface area (Å²) >= 11 is 0. The van der Waals surface area contributed by atoms with Crippen LogP contribution in [-0.4, -0.2) is 29.8 Å². The highest BCUT2D eigenvalue weighted by atomic mass is 16.5. The molecule has 17 heavy (non-hydrogen) atoms. The van der Waals surface area contributed by atoms with E-state index < -0.39 is 11.6 Å². The predicted octanol–water partition coefficient (Wildman–Crippen LogP) is 1.66. The van der Waals surface area contributed by atoms with Crippen LogP contribution in [0, 0.1) is 0 Å². The molecule has 0 unspecified atom stereocenters. The molecule has 4 nitrogen and oxygen atoms in total. The molecule has 0 aliphatic carbocycles. The molecule has 94 valence electrons. The van der Waals surface area contributed by atoms with E-state index in [1.165, 1.54) is 5.56 Å². The van der Waals surface area contributed by atoms with Crippen LogP contribution < -0.4 is 5.32 Å². The number of nitrogens with one attached hydrogen (secondary N) is 1. The monoisotopic (exact) mass is 237 g/mol. The zero-order valence-corrected chi connectivity index (χ0v) is 10.3. The van der Waals surface area contributed by atoms with Crippen LogP contribution >= 0.6 is 0 Å². The van der Waals surface area contributed by atoms with Crippen LogP contribution in [0.4, 0.5) is 0 Å². The summed E-state index contributed by atoms with van der Waals surface area (Å²) in [5, 5.41) is 12.0. The first-order valence-corrected chi connectivity index (χ1v) is 5.64. The average molecular weight is 237 g/mol. The minimum Gasteiger partial charge on any atom is -0.479 e. The van der Waals surface area contributed by atoms with Gasteiger partial charge in [0.05, 0.1) is 6.61 Å². The molecule has 4 heteroatoms. The number of carboxylic acid groups (broad SMARTS) is 1. The summed E-state index contributed by atoms with van der Waals surface area (Å²) in [7, 11) is 0. The van der Waals surface area contributed by atoms with Crippen molar-refractivity contribution in [3.05, 3.63) is 35.9 Å². The fourth-order valence-corrected chi connectivity index (χ4v) is 1.27. The molecule has 1 rings (SSSR count). The number of aliphatic carboxylic acids is 1. The van der Waals surface area contributed by atoms with Gasteiger partial charge in [0.15, 0.2) is 5.60 Å². The number of hydrogen-bond acceptors (Lipinski definition) is 3. The van der Waals surface area contributed by atoms with Crippen LogP contribution in [-0.2, 0) is 16.1 Å². The molecule has 0 aliphatic rings. The summed E-state index contributed by atoms with van der Waals surface area (Å²) in [5.74, 6) is -0.944. The van der Waals surface area contributed by atoms with Crippen molar-refractivity contribution in [1.29, 1.82) is 0 Å². The first-order chi connectivity index (χ1) is 8.02. The van der Waals surface area contributed by atoms with Crippen LogP contribution in [0.25, 0.3) is 0 Å². The SMILES string of the molecule is CC(C)(OCCNCc1ccccc1)C(=O)O. The molecule has 0 spiro atoms. The lowest BCUT2D eigenvalue weighted by molar-refractivity contribution is -0.161. The molecule has 0 amide bonds. The van der Waals surface area contributed by atoms with Crippen molar-refractivity contribution < 1.29 is 14.6 Å². The van der Waals surface area contributed by atoms with Gasteiger partial charge in [-0.15, -0.1) is 0 Å². The van der Waals surface area contributed by atoms with Gasteiger partial charge in [0, 0.05) is 13.1 Å². The molecular formula is C13H19NO3. The molecule has 0 heterocycles. The highest BCUT2D eigenvalue weighted by Gasteiger charge is 2.27. The van der Waals surface area contributed by atoms with Gasteiger partial charge in [-0.25, -0.2) is 4.79 Å². The third-order valence-corrected chi connectivity index (χ3v) is 2.43. The van der Waals surface area contributed by atoms with Crippen LogP contribution in [0.1, 0.15) is 19.4 Å². The van der Waals surface area contributed by atoms with Gasteiger partial charge < -0.3 is 15.2 Å². The number of carboxylic acids is 1. The minimum absolute atomic E-state index is 0.381. The summed E-state index contributed by atoms with van der Waals surface area (Å²) in [5.41, 5.74) is 0.0824. The van der Waals surface area contributed by atoms with E-state index in [1.54, 1.807) is 13.8 Å². The van der Waals surface area contributed by atoms with Gasteiger partial charge in [0.25, 0.3) is 0 Å². The van der Waals surface area contributed by atoms with Gasteiger partial charge in [0.2, 0.25) is 0 Å². The maximum atomic E-state index is 10.8. The molecule has 0 saturated carbocycles. The molecule has 0 atom stereocenters. The second kappa shape index (κ2) is 6.37. The number of hydrogen-bond donors (Lipinski definition) is 2. The number of ether oxygens (including phenoxy) is 1. The fraction of sp³-hybridized carbons (Fsp3) is 0.462. The normalized spacial score (nSPS) is 11.4.